The smallest absolute Gasteiger partial charge is 0.226 e. The fourth-order valence-corrected chi connectivity index (χ4v) is 3.45. The van der Waals surface area contributed by atoms with E-state index in [1.54, 1.807) is 0 Å². The van der Waals surface area contributed by atoms with Gasteiger partial charge in [0, 0.05) is 37.9 Å². The summed E-state index contributed by atoms with van der Waals surface area (Å²) in [4.78, 5) is 16.8. The third-order valence-corrected chi connectivity index (χ3v) is 4.88. The summed E-state index contributed by atoms with van der Waals surface area (Å²) in [6, 6.07) is 8.81. The van der Waals surface area contributed by atoms with E-state index in [9.17, 15) is 4.79 Å². The standard InChI is InChI=1S/C18H27N3O/c19-16-7-11-20(12-8-16)17-6-4-5-15(13-17)14-18(22)21-9-2-1-3-10-21/h4-6,13,16H,1-3,7-12,14,19H2. The Morgan fingerprint density at radius 3 is 2.55 bits per heavy atom. The SMILES string of the molecule is NC1CCN(c2cccc(CC(=O)N3CCCCC3)c2)CC1. The van der Waals surface area contributed by atoms with Crippen LogP contribution in [0.2, 0.25) is 0 Å². The second-order valence-electron chi connectivity index (χ2n) is 6.61. The second kappa shape index (κ2) is 7.14. The van der Waals surface area contributed by atoms with Crippen LogP contribution in [0, 0.1) is 0 Å². The first-order valence-electron chi connectivity index (χ1n) is 8.59. The molecule has 4 heteroatoms. The third-order valence-electron chi connectivity index (χ3n) is 4.88. The minimum Gasteiger partial charge on any atom is -0.371 e. The molecule has 4 nitrogen and oxygen atoms in total. The number of carbonyl (C=O) groups excluding carboxylic acids is 1. The predicted molar refractivity (Wildman–Crippen MR) is 90.0 cm³/mol. The normalized spacial score (nSPS) is 20.2. The first-order valence-corrected chi connectivity index (χ1v) is 8.59. The highest BCUT2D eigenvalue weighted by Gasteiger charge is 2.19. The molecule has 1 aromatic rings. The fraction of sp³-hybridized carbons (Fsp3) is 0.611. The highest BCUT2D eigenvalue weighted by molar-refractivity contribution is 5.79. The van der Waals surface area contributed by atoms with Crippen molar-refractivity contribution in [3.05, 3.63) is 29.8 Å². The van der Waals surface area contributed by atoms with Crippen LogP contribution in [0.1, 0.15) is 37.7 Å². The average molecular weight is 301 g/mol. The van der Waals surface area contributed by atoms with E-state index in [4.69, 9.17) is 5.73 Å². The quantitative estimate of drug-likeness (QED) is 0.931. The molecule has 2 saturated heterocycles. The molecule has 2 aliphatic rings. The molecular formula is C18H27N3O. The van der Waals surface area contributed by atoms with Crippen LogP contribution >= 0.6 is 0 Å². The molecule has 0 aromatic heterocycles. The monoisotopic (exact) mass is 301 g/mol. The number of rotatable bonds is 3. The third kappa shape index (κ3) is 3.80. The lowest BCUT2D eigenvalue weighted by Gasteiger charge is -2.32. The molecule has 1 amide bonds. The molecule has 2 N–H and O–H groups in total. The minimum atomic E-state index is 0.275. The molecule has 0 atom stereocenters. The zero-order valence-electron chi connectivity index (χ0n) is 13.3. The molecule has 2 heterocycles. The van der Waals surface area contributed by atoms with Crippen molar-refractivity contribution < 1.29 is 4.79 Å². The first kappa shape index (κ1) is 15.3. The molecule has 3 rings (SSSR count). The van der Waals surface area contributed by atoms with Crippen molar-refractivity contribution in [3.63, 3.8) is 0 Å². The van der Waals surface area contributed by atoms with Gasteiger partial charge in [0.2, 0.25) is 5.91 Å². The van der Waals surface area contributed by atoms with E-state index >= 15 is 0 Å². The average Bonchev–Trinajstić information content (AvgIpc) is 2.56. The van der Waals surface area contributed by atoms with Gasteiger partial charge < -0.3 is 15.5 Å². The van der Waals surface area contributed by atoms with Gasteiger partial charge >= 0.3 is 0 Å². The van der Waals surface area contributed by atoms with Crippen molar-refractivity contribution in [3.8, 4) is 0 Å². The fourth-order valence-electron chi connectivity index (χ4n) is 3.45. The van der Waals surface area contributed by atoms with E-state index in [2.05, 4.69) is 29.2 Å². The number of anilines is 1. The van der Waals surface area contributed by atoms with Gasteiger partial charge in [0.25, 0.3) is 0 Å². The second-order valence-corrected chi connectivity index (χ2v) is 6.61. The molecule has 22 heavy (non-hydrogen) atoms. The van der Waals surface area contributed by atoms with Crippen LogP contribution in [0.25, 0.3) is 0 Å². The topological polar surface area (TPSA) is 49.6 Å². The van der Waals surface area contributed by atoms with Gasteiger partial charge in [-0.15, -0.1) is 0 Å². The van der Waals surface area contributed by atoms with Gasteiger partial charge in [-0.05, 0) is 49.8 Å². The summed E-state index contributed by atoms with van der Waals surface area (Å²) in [5, 5.41) is 0. The lowest BCUT2D eigenvalue weighted by molar-refractivity contribution is -0.131. The summed E-state index contributed by atoms with van der Waals surface area (Å²) in [5.74, 6) is 0.275. The van der Waals surface area contributed by atoms with E-state index in [1.165, 1.54) is 12.1 Å². The Kier molecular flexibility index (Phi) is 4.98. The highest BCUT2D eigenvalue weighted by atomic mass is 16.2. The first-order chi connectivity index (χ1) is 10.7. The van der Waals surface area contributed by atoms with Gasteiger partial charge in [-0.2, -0.15) is 0 Å². The lowest BCUT2D eigenvalue weighted by atomic mass is 10.0. The van der Waals surface area contributed by atoms with Crippen molar-refractivity contribution >= 4 is 11.6 Å². The molecule has 0 aliphatic carbocycles. The number of carbonyl (C=O) groups is 1. The van der Waals surface area contributed by atoms with Crippen molar-refractivity contribution in [2.75, 3.05) is 31.1 Å². The summed E-state index contributed by atoms with van der Waals surface area (Å²) in [7, 11) is 0. The largest absolute Gasteiger partial charge is 0.371 e. The Labute approximate surface area is 133 Å². The number of hydrogen-bond donors (Lipinski definition) is 1. The Balaban J connectivity index is 1.62. The highest BCUT2D eigenvalue weighted by Crippen LogP contribution is 2.21. The van der Waals surface area contributed by atoms with Gasteiger partial charge in [-0.25, -0.2) is 0 Å². The molecular weight excluding hydrogens is 274 g/mol. The molecule has 0 spiro atoms. The predicted octanol–water partition coefficient (Wildman–Crippen LogP) is 2.17. The van der Waals surface area contributed by atoms with E-state index in [1.807, 2.05) is 4.90 Å². The zero-order chi connectivity index (χ0) is 15.4. The summed E-state index contributed by atoms with van der Waals surface area (Å²) < 4.78 is 0. The van der Waals surface area contributed by atoms with Gasteiger partial charge in [0.1, 0.15) is 0 Å². The molecule has 2 fully saturated rings. The van der Waals surface area contributed by atoms with Crippen LogP contribution in [-0.4, -0.2) is 43.0 Å². The molecule has 0 radical (unpaired) electrons. The van der Waals surface area contributed by atoms with Crippen LogP contribution in [0.5, 0.6) is 0 Å². The number of nitrogens with zero attached hydrogens (tertiary/aromatic N) is 2. The Hall–Kier alpha value is -1.55. The van der Waals surface area contributed by atoms with Crippen LogP contribution in [-0.2, 0) is 11.2 Å². The number of nitrogens with two attached hydrogens (primary N) is 1. The van der Waals surface area contributed by atoms with Gasteiger partial charge in [0.15, 0.2) is 0 Å². The molecule has 2 aliphatic heterocycles. The number of amides is 1. The maximum atomic E-state index is 12.4. The molecule has 0 bridgehead atoms. The van der Waals surface area contributed by atoms with Crippen molar-refractivity contribution in [1.82, 2.24) is 4.90 Å². The summed E-state index contributed by atoms with van der Waals surface area (Å²) in [6.45, 7) is 3.90. The van der Waals surface area contributed by atoms with Crippen LogP contribution < -0.4 is 10.6 Å². The molecule has 120 valence electrons. The van der Waals surface area contributed by atoms with Gasteiger partial charge in [-0.1, -0.05) is 12.1 Å². The molecule has 1 aromatic carbocycles. The summed E-state index contributed by atoms with van der Waals surface area (Å²) >= 11 is 0. The lowest BCUT2D eigenvalue weighted by Crippen LogP contribution is -2.39. The Morgan fingerprint density at radius 2 is 1.82 bits per heavy atom. The number of hydrogen-bond acceptors (Lipinski definition) is 3. The van der Waals surface area contributed by atoms with Gasteiger partial charge in [-0.3, -0.25) is 4.79 Å². The maximum Gasteiger partial charge on any atom is 0.226 e. The van der Waals surface area contributed by atoms with Crippen molar-refractivity contribution in [1.29, 1.82) is 0 Å². The number of benzene rings is 1. The maximum absolute atomic E-state index is 12.4. The zero-order valence-corrected chi connectivity index (χ0v) is 13.3. The van der Waals surface area contributed by atoms with Crippen LogP contribution in [0.15, 0.2) is 24.3 Å². The van der Waals surface area contributed by atoms with Crippen LogP contribution in [0.4, 0.5) is 5.69 Å². The van der Waals surface area contributed by atoms with Crippen molar-refractivity contribution in [2.45, 2.75) is 44.6 Å². The number of likely N-dealkylation sites (tertiary alicyclic amines) is 1. The van der Waals surface area contributed by atoms with E-state index in [0.29, 0.717) is 12.5 Å². The van der Waals surface area contributed by atoms with E-state index < -0.39 is 0 Å². The van der Waals surface area contributed by atoms with E-state index in [0.717, 1.165) is 57.4 Å². The molecule has 0 saturated carbocycles. The Morgan fingerprint density at radius 1 is 1.09 bits per heavy atom. The van der Waals surface area contributed by atoms with E-state index in [-0.39, 0.29) is 5.91 Å². The minimum absolute atomic E-state index is 0.275. The molecule has 0 unspecified atom stereocenters. The summed E-state index contributed by atoms with van der Waals surface area (Å²) in [5.41, 5.74) is 8.34. The van der Waals surface area contributed by atoms with Crippen LogP contribution in [0.3, 0.4) is 0 Å². The van der Waals surface area contributed by atoms with Crippen molar-refractivity contribution in [2.24, 2.45) is 5.73 Å². The summed E-state index contributed by atoms with van der Waals surface area (Å²) in [6.07, 6.45) is 6.20. The van der Waals surface area contributed by atoms with Gasteiger partial charge in [0.05, 0.1) is 6.42 Å². The number of piperidine rings is 2. The Bertz CT molecular complexity index is 503.